The monoisotopic (exact) mass is 361 g/mol. The van der Waals surface area contributed by atoms with Crippen LogP contribution in [0.3, 0.4) is 0 Å². The third-order valence-electron chi connectivity index (χ3n) is 3.09. The highest BCUT2D eigenvalue weighted by molar-refractivity contribution is 7.91. The zero-order chi connectivity index (χ0) is 17.6. The number of likely N-dealkylation sites (N-methyl/N-ethyl adjacent to an activating group) is 1. The van der Waals surface area contributed by atoms with Crippen molar-refractivity contribution in [3.8, 4) is 0 Å². The molecule has 130 valence electrons. The summed E-state index contributed by atoms with van der Waals surface area (Å²) in [6.45, 7) is 7.25. The standard InChI is InChI=1S/C14H23N3O4S2/c1-5-15-13(18)10(4)16-14(19)12(9(2)3)17-23(20,21)11-7-6-8-22-11/h6-10,12,17H,5H2,1-4H3,(H,15,18)(H,16,19)/t10-,12+/m0/s1. The fraction of sp³-hybridized carbons (Fsp3) is 0.571. The second kappa shape index (κ2) is 8.42. The van der Waals surface area contributed by atoms with Crippen molar-refractivity contribution in [2.75, 3.05) is 6.54 Å². The van der Waals surface area contributed by atoms with Gasteiger partial charge in [0.2, 0.25) is 11.8 Å². The molecule has 7 nitrogen and oxygen atoms in total. The summed E-state index contributed by atoms with van der Waals surface area (Å²) in [7, 11) is -3.77. The van der Waals surface area contributed by atoms with E-state index in [1.807, 2.05) is 0 Å². The van der Waals surface area contributed by atoms with Crippen molar-refractivity contribution >= 4 is 33.2 Å². The zero-order valence-corrected chi connectivity index (χ0v) is 15.3. The maximum Gasteiger partial charge on any atom is 0.250 e. The minimum atomic E-state index is -3.77. The number of hydrogen-bond acceptors (Lipinski definition) is 5. The molecule has 1 aromatic heterocycles. The van der Waals surface area contributed by atoms with Crippen LogP contribution >= 0.6 is 11.3 Å². The maximum absolute atomic E-state index is 12.3. The van der Waals surface area contributed by atoms with Gasteiger partial charge in [0, 0.05) is 6.54 Å². The van der Waals surface area contributed by atoms with Crippen molar-refractivity contribution in [2.45, 2.75) is 44.0 Å². The quantitative estimate of drug-likeness (QED) is 0.634. The van der Waals surface area contributed by atoms with Gasteiger partial charge in [-0.1, -0.05) is 19.9 Å². The van der Waals surface area contributed by atoms with E-state index in [-0.39, 0.29) is 16.0 Å². The van der Waals surface area contributed by atoms with Crippen molar-refractivity contribution in [2.24, 2.45) is 5.92 Å². The lowest BCUT2D eigenvalue weighted by atomic mass is 10.0. The first-order valence-electron chi connectivity index (χ1n) is 7.33. The fourth-order valence-corrected chi connectivity index (χ4v) is 4.18. The van der Waals surface area contributed by atoms with Crippen molar-refractivity contribution in [1.29, 1.82) is 0 Å². The van der Waals surface area contributed by atoms with Crippen LogP contribution in [0.1, 0.15) is 27.7 Å². The Morgan fingerprint density at radius 3 is 2.35 bits per heavy atom. The van der Waals surface area contributed by atoms with E-state index in [0.717, 1.165) is 11.3 Å². The number of thiophene rings is 1. The minimum absolute atomic E-state index is 0.146. The zero-order valence-electron chi connectivity index (χ0n) is 13.6. The van der Waals surface area contributed by atoms with Crippen molar-refractivity contribution in [1.82, 2.24) is 15.4 Å². The van der Waals surface area contributed by atoms with Gasteiger partial charge in [0.05, 0.1) is 0 Å². The molecule has 0 bridgehead atoms. The molecule has 0 spiro atoms. The van der Waals surface area contributed by atoms with Gasteiger partial charge in [-0.05, 0) is 31.2 Å². The molecular weight excluding hydrogens is 338 g/mol. The number of rotatable bonds is 8. The lowest BCUT2D eigenvalue weighted by molar-refractivity contribution is -0.129. The van der Waals surface area contributed by atoms with Gasteiger partial charge in [0.25, 0.3) is 10.0 Å². The summed E-state index contributed by atoms with van der Waals surface area (Å²) in [4.78, 5) is 24.0. The number of carbonyl (C=O) groups is 2. The topological polar surface area (TPSA) is 104 Å². The Balaban J connectivity index is 2.82. The van der Waals surface area contributed by atoms with Crippen molar-refractivity contribution in [3.05, 3.63) is 17.5 Å². The largest absolute Gasteiger partial charge is 0.355 e. The maximum atomic E-state index is 12.3. The molecule has 0 aromatic carbocycles. The molecule has 9 heteroatoms. The Hall–Kier alpha value is -1.45. The highest BCUT2D eigenvalue weighted by Gasteiger charge is 2.30. The summed E-state index contributed by atoms with van der Waals surface area (Å²) in [5.74, 6) is -1.12. The summed E-state index contributed by atoms with van der Waals surface area (Å²) >= 11 is 1.07. The molecule has 1 aromatic rings. The highest BCUT2D eigenvalue weighted by Crippen LogP contribution is 2.17. The molecule has 0 aliphatic rings. The van der Waals surface area contributed by atoms with E-state index < -0.39 is 28.0 Å². The van der Waals surface area contributed by atoms with Crippen molar-refractivity contribution in [3.63, 3.8) is 0 Å². The van der Waals surface area contributed by atoms with Gasteiger partial charge in [-0.3, -0.25) is 9.59 Å². The van der Waals surface area contributed by atoms with E-state index in [1.54, 1.807) is 39.1 Å². The normalized spacial score (nSPS) is 14.3. The Morgan fingerprint density at radius 2 is 1.87 bits per heavy atom. The smallest absolute Gasteiger partial charge is 0.250 e. The Labute approximate surface area is 140 Å². The van der Waals surface area contributed by atoms with E-state index in [1.165, 1.54) is 6.07 Å². The molecule has 0 aliphatic heterocycles. The molecule has 2 atom stereocenters. The van der Waals surface area contributed by atoms with E-state index in [0.29, 0.717) is 6.54 Å². The van der Waals surface area contributed by atoms with Gasteiger partial charge >= 0.3 is 0 Å². The summed E-state index contributed by atoms with van der Waals surface area (Å²) in [6, 6.07) is 1.40. The molecule has 1 rings (SSSR count). The van der Waals surface area contributed by atoms with Crippen LogP contribution in [-0.4, -0.2) is 38.9 Å². The predicted octanol–water partition coefficient (Wildman–Crippen LogP) is 0.692. The van der Waals surface area contributed by atoms with Gasteiger partial charge in [-0.2, -0.15) is 4.72 Å². The van der Waals surface area contributed by atoms with E-state index in [2.05, 4.69) is 15.4 Å². The Kier molecular flexibility index (Phi) is 7.17. The molecular formula is C14H23N3O4S2. The first-order valence-corrected chi connectivity index (χ1v) is 9.69. The first kappa shape index (κ1) is 19.6. The average Bonchev–Trinajstić information content (AvgIpc) is 2.99. The van der Waals surface area contributed by atoms with Crippen LogP contribution in [-0.2, 0) is 19.6 Å². The van der Waals surface area contributed by atoms with E-state index in [9.17, 15) is 18.0 Å². The molecule has 0 saturated heterocycles. The molecule has 3 N–H and O–H groups in total. The summed E-state index contributed by atoms with van der Waals surface area (Å²) < 4.78 is 27.1. The minimum Gasteiger partial charge on any atom is -0.355 e. The predicted molar refractivity (Wildman–Crippen MR) is 89.6 cm³/mol. The highest BCUT2D eigenvalue weighted by atomic mass is 32.2. The lowest BCUT2D eigenvalue weighted by Gasteiger charge is -2.23. The van der Waals surface area contributed by atoms with Gasteiger partial charge in [0.1, 0.15) is 16.3 Å². The van der Waals surface area contributed by atoms with E-state index in [4.69, 9.17) is 0 Å². The Bertz CT molecular complexity index is 626. The number of amides is 2. The number of sulfonamides is 1. The summed E-state index contributed by atoms with van der Waals surface area (Å²) in [5.41, 5.74) is 0. The molecule has 0 saturated carbocycles. The average molecular weight is 361 g/mol. The van der Waals surface area contributed by atoms with Gasteiger partial charge in [-0.25, -0.2) is 8.42 Å². The van der Waals surface area contributed by atoms with E-state index >= 15 is 0 Å². The summed E-state index contributed by atoms with van der Waals surface area (Å²) in [6.07, 6.45) is 0. The molecule has 0 unspecified atom stereocenters. The van der Waals surface area contributed by atoms with Gasteiger partial charge in [-0.15, -0.1) is 11.3 Å². The van der Waals surface area contributed by atoms with Crippen LogP contribution in [0.25, 0.3) is 0 Å². The molecule has 23 heavy (non-hydrogen) atoms. The number of carbonyl (C=O) groups excluding carboxylic acids is 2. The molecule has 1 heterocycles. The number of nitrogens with one attached hydrogen (secondary N) is 3. The third kappa shape index (κ3) is 5.60. The molecule has 2 amide bonds. The van der Waals surface area contributed by atoms with Crippen LogP contribution in [0.4, 0.5) is 0 Å². The Morgan fingerprint density at radius 1 is 1.22 bits per heavy atom. The molecule has 0 fully saturated rings. The second-order valence-electron chi connectivity index (χ2n) is 5.40. The second-order valence-corrected chi connectivity index (χ2v) is 8.29. The van der Waals surface area contributed by atoms with Crippen LogP contribution in [0.15, 0.2) is 21.7 Å². The summed E-state index contributed by atoms with van der Waals surface area (Å²) in [5, 5.41) is 6.79. The van der Waals surface area contributed by atoms with Crippen LogP contribution in [0.5, 0.6) is 0 Å². The van der Waals surface area contributed by atoms with Gasteiger partial charge in [0.15, 0.2) is 0 Å². The van der Waals surface area contributed by atoms with Gasteiger partial charge < -0.3 is 10.6 Å². The van der Waals surface area contributed by atoms with Crippen LogP contribution < -0.4 is 15.4 Å². The van der Waals surface area contributed by atoms with Crippen LogP contribution in [0.2, 0.25) is 0 Å². The first-order chi connectivity index (χ1) is 10.7. The third-order valence-corrected chi connectivity index (χ3v) is 5.93. The number of hydrogen-bond donors (Lipinski definition) is 3. The molecule has 0 aliphatic carbocycles. The van der Waals surface area contributed by atoms with Crippen LogP contribution in [0, 0.1) is 5.92 Å². The lowest BCUT2D eigenvalue weighted by Crippen LogP contribution is -2.54. The van der Waals surface area contributed by atoms with Crippen molar-refractivity contribution < 1.29 is 18.0 Å². The SMILES string of the molecule is CCNC(=O)[C@H](C)NC(=O)[C@H](NS(=O)(=O)c1cccs1)C(C)C. The fourth-order valence-electron chi connectivity index (χ4n) is 1.83. The molecule has 0 radical (unpaired) electrons.